The second-order valence-corrected chi connectivity index (χ2v) is 8.44. The van der Waals surface area contributed by atoms with Gasteiger partial charge >= 0.3 is 0 Å². The first-order valence-corrected chi connectivity index (χ1v) is 10.6. The number of benzene rings is 2. The summed E-state index contributed by atoms with van der Waals surface area (Å²) in [6, 6.07) is 11.8. The molecule has 3 aromatic rings. The van der Waals surface area contributed by atoms with Crippen LogP contribution in [0.5, 0.6) is 0 Å². The summed E-state index contributed by atoms with van der Waals surface area (Å²) in [5, 5.41) is 0. The number of nitrogens with zero attached hydrogens (tertiary/aromatic N) is 2. The topological polar surface area (TPSA) is 96.4 Å². The van der Waals surface area contributed by atoms with Gasteiger partial charge in [0.15, 0.2) is 0 Å². The molecule has 2 amide bonds. The molecule has 0 saturated heterocycles. The van der Waals surface area contributed by atoms with Crippen LogP contribution in [0.4, 0.5) is 14.5 Å². The van der Waals surface area contributed by atoms with E-state index in [0.29, 0.717) is 5.56 Å². The van der Waals surface area contributed by atoms with Gasteiger partial charge in [0.2, 0.25) is 0 Å². The highest BCUT2D eigenvalue weighted by Gasteiger charge is 2.38. The number of hydrogen-bond acceptors (Lipinski definition) is 5. The number of rotatable bonds is 6. The second kappa shape index (κ2) is 7.88. The van der Waals surface area contributed by atoms with Gasteiger partial charge < -0.3 is 0 Å². The van der Waals surface area contributed by atoms with Crippen molar-refractivity contribution < 1.29 is 26.8 Å². The fourth-order valence-electron chi connectivity index (χ4n) is 3.23. The molecule has 10 heteroatoms. The summed E-state index contributed by atoms with van der Waals surface area (Å²) in [5.74, 6) is -1.19. The minimum Gasteiger partial charge on any atom is -0.279 e. The molecular weight excluding hydrogens is 428 g/mol. The Morgan fingerprint density at radius 2 is 1.71 bits per heavy atom. The van der Waals surface area contributed by atoms with E-state index in [-0.39, 0.29) is 33.8 Å². The Morgan fingerprint density at radius 3 is 2.35 bits per heavy atom. The molecule has 7 nitrogen and oxygen atoms in total. The average molecular weight is 443 g/mol. The SMILES string of the molecule is O=C1c2cccc(NS(=O)(=O)c3ccc(C(F)F)cc3)c2C(=O)N1Cc1cccnc1. The van der Waals surface area contributed by atoms with Crippen LogP contribution in [-0.4, -0.2) is 30.1 Å². The Kier molecular flexibility index (Phi) is 5.24. The van der Waals surface area contributed by atoms with Gasteiger partial charge in [0.1, 0.15) is 0 Å². The molecule has 31 heavy (non-hydrogen) atoms. The van der Waals surface area contributed by atoms with Gasteiger partial charge in [-0.25, -0.2) is 17.2 Å². The molecule has 0 radical (unpaired) electrons. The van der Waals surface area contributed by atoms with Crippen molar-refractivity contribution in [3.8, 4) is 0 Å². The zero-order chi connectivity index (χ0) is 22.2. The third-order valence-corrected chi connectivity index (χ3v) is 6.13. The minimum atomic E-state index is -4.18. The highest BCUT2D eigenvalue weighted by atomic mass is 32.2. The number of amides is 2. The van der Waals surface area contributed by atoms with Crippen LogP contribution in [0.25, 0.3) is 0 Å². The molecule has 1 aliphatic heterocycles. The average Bonchev–Trinajstić information content (AvgIpc) is 3.00. The number of carbonyl (C=O) groups is 2. The minimum absolute atomic E-state index is 0.0124. The third-order valence-electron chi connectivity index (χ3n) is 4.75. The molecular formula is C21H15F2N3O4S. The van der Waals surface area contributed by atoms with Gasteiger partial charge in [0.25, 0.3) is 28.3 Å². The maximum atomic E-state index is 12.9. The third kappa shape index (κ3) is 3.89. The van der Waals surface area contributed by atoms with E-state index in [9.17, 15) is 26.8 Å². The summed E-state index contributed by atoms with van der Waals surface area (Å²) in [5.41, 5.74) is 0.262. The van der Waals surface area contributed by atoms with E-state index in [0.717, 1.165) is 29.2 Å². The van der Waals surface area contributed by atoms with E-state index in [2.05, 4.69) is 9.71 Å². The van der Waals surface area contributed by atoms with Crippen molar-refractivity contribution in [2.24, 2.45) is 0 Å². The molecule has 0 fully saturated rings. The number of nitrogens with one attached hydrogen (secondary N) is 1. The van der Waals surface area contributed by atoms with Crippen molar-refractivity contribution >= 4 is 27.5 Å². The van der Waals surface area contributed by atoms with Crippen LogP contribution in [-0.2, 0) is 16.6 Å². The molecule has 158 valence electrons. The number of fused-ring (bicyclic) bond motifs is 1. The largest absolute Gasteiger partial charge is 0.279 e. The number of sulfonamides is 1. The zero-order valence-electron chi connectivity index (χ0n) is 15.8. The Hall–Kier alpha value is -3.66. The molecule has 0 saturated carbocycles. The van der Waals surface area contributed by atoms with E-state index >= 15 is 0 Å². The fourth-order valence-corrected chi connectivity index (χ4v) is 4.30. The van der Waals surface area contributed by atoms with Gasteiger partial charge in [-0.15, -0.1) is 0 Å². The molecule has 1 aromatic heterocycles. The van der Waals surface area contributed by atoms with Crippen molar-refractivity contribution in [2.75, 3.05) is 4.72 Å². The van der Waals surface area contributed by atoms with Crippen LogP contribution in [0.15, 0.2) is 71.9 Å². The fraction of sp³-hybridized carbons (Fsp3) is 0.0952. The summed E-state index contributed by atoms with van der Waals surface area (Å²) in [7, 11) is -4.18. The zero-order valence-corrected chi connectivity index (χ0v) is 16.6. The Morgan fingerprint density at radius 1 is 0.968 bits per heavy atom. The summed E-state index contributed by atoms with van der Waals surface area (Å²) in [4.78, 5) is 30.4. The predicted molar refractivity (Wildman–Crippen MR) is 107 cm³/mol. The van der Waals surface area contributed by atoms with Crippen molar-refractivity contribution in [1.29, 1.82) is 0 Å². The standard InChI is InChI=1S/C21H15F2N3O4S/c22-19(23)14-6-8-15(9-7-14)31(29,30)25-17-5-1-4-16-18(17)21(28)26(20(16)27)12-13-3-2-10-24-11-13/h1-11,19,25H,12H2. The van der Waals surface area contributed by atoms with Gasteiger partial charge in [0.05, 0.1) is 28.3 Å². The normalized spacial score (nSPS) is 13.6. The molecule has 1 aliphatic rings. The smallest absolute Gasteiger partial charge is 0.264 e. The number of hydrogen-bond donors (Lipinski definition) is 1. The molecule has 2 aromatic carbocycles. The van der Waals surface area contributed by atoms with Crippen LogP contribution < -0.4 is 4.72 Å². The molecule has 0 unspecified atom stereocenters. The lowest BCUT2D eigenvalue weighted by Crippen LogP contribution is -2.29. The number of pyridine rings is 1. The second-order valence-electron chi connectivity index (χ2n) is 6.76. The van der Waals surface area contributed by atoms with Crippen molar-refractivity contribution in [3.63, 3.8) is 0 Å². The van der Waals surface area contributed by atoms with Crippen LogP contribution in [0, 0.1) is 0 Å². The number of halogens is 2. The van der Waals surface area contributed by atoms with Crippen LogP contribution in [0.2, 0.25) is 0 Å². The Balaban J connectivity index is 1.64. The highest BCUT2D eigenvalue weighted by molar-refractivity contribution is 7.92. The van der Waals surface area contributed by atoms with Crippen LogP contribution >= 0.6 is 0 Å². The van der Waals surface area contributed by atoms with E-state index in [1.807, 2.05) is 0 Å². The van der Waals surface area contributed by atoms with Crippen molar-refractivity contribution in [3.05, 3.63) is 89.2 Å². The number of aromatic nitrogens is 1. The predicted octanol–water partition coefficient (Wildman–Crippen LogP) is 3.62. The molecule has 4 rings (SSSR count). The lowest BCUT2D eigenvalue weighted by atomic mass is 10.1. The highest BCUT2D eigenvalue weighted by Crippen LogP contribution is 2.32. The van der Waals surface area contributed by atoms with Crippen molar-refractivity contribution in [1.82, 2.24) is 9.88 Å². The molecule has 0 aliphatic carbocycles. The Bertz CT molecular complexity index is 1260. The van der Waals surface area contributed by atoms with Gasteiger partial charge in [-0.05, 0) is 35.9 Å². The van der Waals surface area contributed by atoms with Gasteiger partial charge in [-0.3, -0.25) is 24.2 Å². The summed E-state index contributed by atoms with van der Waals surface area (Å²) in [6.07, 6.45) is 0.361. The number of carbonyl (C=O) groups excluding carboxylic acids is 2. The quantitative estimate of drug-likeness (QED) is 0.587. The molecule has 1 N–H and O–H groups in total. The van der Waals surface area contributed by atoms with Crippen LogP contribution in [0.1, 0.15) is 38.3 Å². The first-order chi connectivity index (χ1) is 14.8. The number of alkyl halides is 2. The van der Waals surface area contributed by atoms with Gasteiger partial charge in [0, 0.05) is 18.0 Å². The lowest BCUT2D eigenvalue weighted by molar-refractivity contribution is 0.0642. The van der Waals surface area contributed by atoms with E-state index < -0.39 is 28.3 Å². The monoisotopic (exact) mass is 443 g/mol. The number of anilines is 1. The molecule has 0 atom stereocenters. The summed E-state index contributed by atoms with van der Waals surface area (Å²) >= 11 is 0. The summed E-state index contributed by atoms with van der Waals surface area (Å²) in [6.45, 7) is -0.0124. The van der Waals surface area contributed by atoms with E-state index in [4.69, 9.17) is 0 Å². The Labute approximate surface area is 176 Å². The first kappa shape index (κ1) is 20.6. The maximum absolute atomic E-state index is 12.9. The number of imide groups is 1. The van der Waals surface area contributed by atoms with Gasteiger partial charge in [-0.1, -0.05) is 24.3 Å². The van der Waals surface area contributed by atoms with E-state index in [1.54, 1.807) is 18.3 Å². The first-order valence-electron chi connectivity index (χ1n) is 9.07. The summed E-state index contributed by atoms with van der Waals surface area (Å²) < 4.78 is 53.2. The molecule has 0 bridgehead atoms. The maximum Gasteiger partial charge on any atom is 0.264 e. The van der Waals surface area contributed by atoms with Crippen molar-refractivity contribution in [2.45, 2.75) is 17.9 Å². The van der Waals surface area contributed by atoms with Gasteiger partial charge in [-0.2, -0.15) is 0 Å². The molecule has 2 heterocycles. The van der Waals surface area contributed by atoms with Crippen LogP contribution in [0.3, 0.4) is 0 Å². The van der Waals surface area contributed by atoms with E-state index in [1.165, 1.54) is 24.4 Å². The molecule has 0 spiro atoms. The lowest BCUT2D eigenvalue weighted by Gasteiger charge is -2.14.